The van der Waals surface area contributed by atoms with Crippen LogP contribution in [0.25, 0.3) is 10.2 Å². The van der Waals surface area contributed by atoms with Gasteiger partial charge in [-0.15, -0.1) is 11.3 Å². The van der Waals surface area contributed by atoms with Gasteiger partial charge in [0, 0.05) is 10.6 Å². The summed E-state index contributed by atoms with van der Waals surface area (Å²) < 4.78 is 14.9. The molecule has 0 saturated carbocycles. The number of fused-ring (bicyclic) bond motifs is 3. The number of amides is 1. The molecule has 1 N–H and O–H groups in total. The summed E-state index contributed by atoms with van der Waals surface area (Å²) in [5, 5.41) is 3.26. The van der Waals surface area contributed by atoms with Crippen LogP contribution in [-0.4, -0.2) is 15.5 Å². The van der Waals surface area contributed by atoms with E-state index in [4.69, 9.17) is 0 Å². The summed E-state index contributed by atoms with van der Waals surface area (Å²) in [7, 11) is 0. The Hall–Kier alpha value is -2.54. The average molecular weight is 357 g/mol. The molecule has 4 rings (SSSR count). The van der Waals surface area contributed by atoms with Gasteiger partial charge in [-0.2, -0.15) is 0 Å². The van der Waals surface area contributed by atoms with Gasteiger partial charge in [-0.1, -0.05) is 6.07 Å². The van der Waals surface area contributed by atoms with E-state index in [1.807, 2.05) is 0 Å². The molecule has 0 saturated heterocycles. The normalized spacial score (nSPS) is 13.2. The number of halogens is 1. The van der Waals surface area contributed by atoms with Gasteiger partial charge in [0.15, 0.2) is 0 Å². The number of thiophene rings is 1. The van der Waals surface area contributed by atoms with Gasteiger partial charge < -0.3 is 5.32 Å². The molecule has 0 spiro atoms. The summed E-state index contributed by atoms with van der Waals surface area (Å²) >= 11 is 1.57. The number of hydrogen-bond acceptors (Lipinski definition) is 4. The Kier molecular flexibility index (Phi) is 3.88. The molecule has 0 aliphatic heterocycles. The van der Waals surface area contributed by atoms with E-state index in [9.17, 15) is 14.0 Å². The lowest BCUT2D eigenvalue weighted by atomic mass is 10.2. The second-order valence-corrected chi connectivity index (χ2v) is 7.31. The predicted octanol–water partition coefficient (Wildman–Crippen LogP) is 3.03. The Labute approximate surface area is 147 Å². The van der Waals surface area contributed by atoms with Crippen LogP contribution < -0.4 is 10.9 Å². The van der Waals surface area contributed by atoms with Gasteiger partial charge in [-0.05, 0) is 49.4 Å². The van der Waals surface area contributed by atoms with Crippen LogP contribution in [0.15, 0.2) is 29.3 Å². The van der Waals surface area contributed by atoms with Crippen LogP contribution in [0, 0.1) is 12.7 Å². The fourth-order valence-corrected chi connectivity index (χ4v) is 4.38. The molecular formula is C18H16FN3O2S. The third-order valence-corrected chi connectivity index (χ3v) is 5.66. The molecule has 1 aromatic carbocycles. The van der Waals surface area contributed by atoms with Gasteiger partial charge >= 0.3 is 0 Å². The Morgan fingerprint density at radius 3 is 3.04 bits per heavy atom. The van der Waals surface area contributed by atoms with Crippen molar-refractivity contribution in [2.45, 2.75) is 32.7 Å². The Morgan fingerprint density at radius 2 is 2.24 bits per heavy atom. The number of rotatable bonds is 3. The maximum atomic E-state index is 13.6. The maximum Gasteiger partial charge on any atom is 0.262 e. The third-order valence-electron chi connectivity index (χ3n) is 4.46. The molecule has 3 aromatic rings. The van der Waals surface area contributed by atoms with E-state index in [0.717, 1.165) is 29.7 Å². The molecule has 0 radical (unpaired) electrons. The van der Waals surface area contributed by atoms with Crippen molar-refractivity contribution in [3.05, 3.63) is 56.7 Å². The lowest BCUT2D eigenvalue weighted by molar-refractivity contribution is -0.116. The molecule has 0 bridgehead atoms. The van der Waals surface area contributed by atoms with Gasteiger partial charge in [-0.3, -0.25) is 14.2 Å². The van der Waals surface area contributed by atoms with Gasteiger partial charge in [-0.25, -0.2) is 9.37 Å². The molecule has 7 heteroatoms. The molecular weight excluding hydrogens is 341 g/mol. The van der Waals surface area contributed by atoms with Crippen molar-refractivity contribution in [3.63, 3.8) is 0 Å². The minimum absolute atomic E-state index is 0.151. The summed E-state index contributed by atoms with van der Waals surface area (Å²) in [6.45, 7) is 1.50. The molecule has 1 aliphatic rings. The first-order chi connectivity index (χ1) is 12.0. The van der Waals surface area contributed by atoms with Crippen molar-refractivity contribution in [1.29, 1.82) is 0 Å². The molecule has 2 heterocycles. The number of nitrogens with zero attached hydrogens (tertiary/aromatic N) is 2. The summed E-state index contributed by atoms with van der Waals surface area (Å²) in [4.78, 5) is 31.3. The zero-order valence-electron chi connectivity index (χ0n) is 13.6. The highest BCUT2D eigenvalue weighted by Gasteiger charge is 2.21. The zero-order chi connectivity index (χ0) is 17.6. The highest BCUT2D eigenvalue weighted by molar-refractivity contribution is 7.18. The number of hydrogen-bond donors (Lipinski definition) is 1. The van der Waals surface area contributed by atoms with Crippen LogP contribution in [0.5, 0.6) is 0 Å². The molecule has 25 heavy (non-hydrogen) atoms. The lowest BCUT2D eigenvalue weighted by Crippen LogP contribution is -2.28. The van der Waals surface area contributed by atoms with Gasteiger partial charge in [0.05, 0.1) is 11.7 Å². The predicted molar refractivity (Wildman–Crippen MR) is 95.7 cm³/mol. The van der Waals surface area contributed by atoms with Crippen LogP contribution in [-0.2, 0) is 24.2 Å². The molecule has 1 amide bonds. The first kappa shape index (κ1) is 16.0. The third kappa shape index (κ3) is 2.84. The molecule has 0 unspecified atom stereocenters. The van der Waals surface area contributed by atoms with E-state index >= 15 is 0 Å². The maximum absolute atomic E-state index is 13.6. The molecule has 5 nitrogen and oxygen atoms in total. The largest absolute Gasteiger partial charge is 0.324 e. The van der Waals surface area contributed by atoms with E-state index in [0.29, 0.717) is 16.6 Å². The first-order valence-electron chi connectivity index (χ1n) is 8.08. The van der Waals surface area contributed by atoms with E-state index in [1.54, 1.807) is 30.4 Å². The number of anilines is 1. The number of aromatic nitrogens is 2. The monoisotopic (exact) mass is 357 g/mol. The van der Waals surface area contributed by atoms with Crippen molar-refractivity contribution in [2.75, 3.05) is 5.32 Å². The summed E-state index contributed by atoms with van der Waals surface area (Å²) in [5.41, 5.74) is 1.78. The van der Waals surface area contributed by atoms with Crippen molar-refractivity contribution < 1.29 is 9.18 Å². The Bertz CT molecular complexity index is 1050. The summed E-state index contributed by atoms with van der Waals surface area (Å²) in [6, 6.07) is 4.49. The minimum Gasteiger partial charge on any atom is -0.324 e. The van der Waals surface area contributed by atoms with E-state index < -0.39 is 5.91 Å². The van der Waals surface area contributed by atoms with Crippen LogP contribution >= 0.6 is 11.3 Å². The standard InChI is InChI=1S/C18H16FN3O2S/c1-10-5-6-11(7-13(10)19)21-15(23)8-22-9-20-17-16(18(22)24)12-3-2-4-14(12)25-17/h5-7,9H,2-4,8H2,1H3,(H,21,23). The van der Waals surface area contributed by atoms with Crippen molar-refractivity contribution in [2.24, 2.45) is 0 Å². The van der Waals surface area contributed by atoms with Crippen molar-refractivity contribution in [1.82, 2.24) is 9.55 Å². The molecule has 0 atom stereocenters. The van der Waals surface area contributed by atoms with Gasteiger partial charge in [0.1, 0.15) is 17.2 Å². The van der Waals surface area contributed by atoms with E-state index in [-0.39, 0.29) is 17.9 Å². The topological polar surface area (TPSA) is 64.0 Å². The second kappa shape index (κ2) is 6.07. The SMILES string of the molecule is Cc1ccc(NC(=O)Cn2cnc3sc4c(c3c2=O)CCC4)cc1F. The van der Waals surface area contributed by atoms with Crippen LogP contribution in [0.1, 0.15) is 22.4 Å². The molecule has 2 aromatic heterocycles. The highest BCUT2D eigenvalue weighted by atomic mass is 32.1. The van der Waals surface area contributed by atoms with Gasteiger partial charge in [0.25, 0.3) is 5.56 Å². The van der Waals surface area contributed by atoms with Crippen LogP contribution in [0.2, 0.25) is 0 Å². The lowest BCUT2D eigenvalue weighted by Gasteiger charge is -2.08. The van der Waals surface area contributed by atoms with Crippen molar-refractivity contribution >= 4 is 33.1 Å². The van der Waals surface area contributed by atoms with Crippen LogP contribution in [0.3, 0.4) is 0 Å². The number of aryl methyl sites for hydroxylation is 3. The first-order valence-corrected chi connectivity index (χ1v) is 8.90. The highest BCUT2D eigenvalue weighted by Crippen LogP contribution is 2.34. The quantitative estimate of drug-likeness (QED) is 0.784. The van der Waals surface area contributed by atoms with Crippen LogP contribution in [0.4, 0.5) is 10.1 Å². The fraction of sp³-hybridized carbons (Fsp3) is 0.278. The number of nitrogens with one attached hydrogen (secondary N) is 1. The van der Waals surface area contributed by atoms with E-state index in [2.05, 4.69) is 10.3 Å². The fourth-order valence-electron chi connectivity index (χ4n) is 3.16. The number of benzene rings is 1. The molecule has 128 valence electrons. The smallest absolute Gasteiger partial charge is 0.262 e. The summed E-state index contributed by atoms with van der Waals surface area (Å²) in [5.74, 6) is -0.773. The minimum atomic E-state index is -0.390. The number of carbonyl (C=O) groups is 1. The molecule has 1 aliphatic carbocycles. The van der Waals surface area contributed by atoms with Crippen molar-refractivity contribution in [3.8, 4) is 0 Å². The Morgan fingerprint density at radius 1 is 1.40 bits per heavy atom. The Balaban J connectivity index is 1.60. The van der Waals surface area contributed by atoms with Gasteiger partial charge in [0.2, 0.25) is 5.91 Å². The zero-order valence-corrected chi connectivity index (χ0v) is 14.5. The second-order valence-electron chi connectivity index (χ2n) is 6.23. The average Bonchev–Trinajstić information content (AvgIpc) is 3.14. The van der Waals surface area contributed by atoms with E-state index in [1.165, 1.54) is 21.8 Å². The summed E-state index contributed by atoms with van der Waals surface area (Å²) in [6.07, 6.45) is 4.36. The number of carbonyl (C=O) groups excluding carboxylic acids is 1. The molecule has 0 fully saturated rings.